The predicted molar refractivity (Wildman–Crippen MR) is 153 cm³/mol. The minimum absolute atomic E-state index is 0.143. The summed E-state index contributed by atoms with van der Waals surface area (Å²) >= 11 is 0. The first kappa shape index (κ1) is 29.0. The Morgan fingerprint density at radius 2 is 2.12 bits per heavy atom. The van der Waals surface area contributed by atoms with Crippen LogP contribution in [0.5, 0.6) is 0 Å². The van der Waals surface area contributed by atoms with E-state index in [-0.39, 0.29) is 12.0 Å². The van der Waals surface area contributed by atoms with Gasteiger partial charge in [-0.05, 0) is 87.2 Å². The van der Waals surface area contributed by atoms with Crippen molar-refractivity contribution in [3.63, 3.8) is 0 Å². The quantitative estimate of drug-likeness (QED) is 0.355. The highest BCUT2D eigenvalue weighted by molar-refractivity contribution is 5.76. The molecular weight excluding hydrogens is 509 g/mol. The highest BCUT2D eigenvalue weighted by atomic mass is 19.1. The number of aromatic nitrogens is 1. The number of pyridine rings is 1. The van der Waals surface area contributed by atoms with E-state index < -0.39 is 23.8 Å². The Labute approximate surface area is 237 Å². The number of alkyl halides is 1. The van der Waals surface area contributed by atoms with Gasteiger partial charge in [0.1, 0.15) is 18.0 Å². The van der Waals surface area contributed by atoms with Crippen LogP contribution in [0.25, 0.3) is 0 Å². The number of fused-ring (bicyclic) bond motifs is 2. The molecule has 218 valence electrons. The third kappa shape index (κ3) is 6.34. The van der Waals surface area contributed by atoms with E-state index in [1.165, 1.54) is 5.56 Å². The molecule has 5 rings (SSSR count). The van der Waals surface area contributed by atoms with Gasteiger partial charge in [-0.3, -0.25) is 9.69 Å². The summed E-state index contributed by atoms with van der Waals surface area (Å²) in [5, 5.41) is 13.7. The van der Waals surface area contributed by atoms with Crippen molar-refractivity contribution in [2.45, 2.75) is 95.7 Å². The lowest BCUT2D eigenvalue weighted by Gasteiger charge is -2.38. The number of benzene rings is 1. The zero-order valence-corrected chi connectivity index (χ0v) is 24.1. The maximum atomic E-state index is 15.4. The summed E-state index contributed by atoms with van der Waals surface area (Å²) in [6.45, 7) is 6.44. The SMILES string of the molecule is COC(C)(C)[C@@H]1Cc2c(cccc2[C@H](C(=O)O)N2CC[C@@H]([C@H](F)CCCCc3ccc4c(n3)NCCC4)C2)CO1. The lowest BCUT2D eigenvalue weighted by molar-refractivity contribution is -0.143. The van der Waals surface area contributed by atoms with Gasteiger partial charge in [-0.25, -0.2) is 9.37 Å². The molecule has 0 radical (unpaired) electrons. The summed E-state index contributed by atoms with van der Waals surface area (Å²) in [5.74, 6) is -0.0159. The molecule has 3 aliphatic heterocycles. The Morgan fingerprint density at radius 1 is 1.27 bits per heavy atom. The number of hydrogen-bond acceptors (Lipinski definition) is 6. The molecule has 0 amide bonds. The third-order valence-corrected chi connectivity index (χ3v) is 9.22. The number of rotatable bonds is 11. The van der Waals surface area contributed by atoms with Crippen molar-refractivity contribution in [2.24, 2.45) is 5.92 Å². The fourth-order valence-corrected chi connectivity index (χ4v) is 6.53. The molecule has 3 aliphatic rings. The Morgan fingerprint density at radius 3 is 2.92 bits per heavy atom. The lowest BCUT2D eigenvalue weighted by atomic mass is 9.85. The van der Waals surface area contributed by atoms with E-state index >= 15 is 4.39 Å². The number of hydrogen-bond donors (Lipinski definition) is 2. The van der Waals surface area contributed by atoms with Gasteiger partial charge in [0, 0.05) is 38.2 Å². The molecule has 7 nitrogen and oxygen atoms in total. The average Bonchev–Trinajstić information content (AvgIpc) is 3.44. The number of aliphatic carboxylic acids is 1. The van der Waals surface area contributed by atoms with Gasteiger partial charge in [0.05, 0.1) is 18.3 Å². The van der Waals surface area contributed by atoms with Crippen molar-refractivity contribution in [1.82, 2.24) is 9.88 Å². The molecule has 4 atom stereocenters. The first-order valence-electron chi connectivity index (χ1n) is 14.9. The topological polar surface area (TPSA) is 83.9 Å². The van der Waals surface area contributed by atoms with Crippen molar-refractivity contribution in [3.8, 4) is 0 Å². The van der Waals surface area contributed by atoms with Gasteiger partial charge in [0.2, 0.25) is 0 Å². The van der Waals surface area contributed by atoms with Crippen LogP contribution in [-0.2, 0) is 40.1 Å². The second-order valence-electron chi connectivity index (χ2n) is 12.2. The van der Waals surface area contributed by atoms with Crippen LogP contribution in [0.4, 0.5) is 10.2 Å². The van der Waals surface area contributed by atoms with E-state index in [0.717, 1.165) is 66.9 Å². The number of methoxy groups -OCH3 is 1. The van der Waals surface area contributed by atoms with Crippen molar-refractivity contribution >= 4 is 11.8 Å². The van der Waals surface area contributed by atoms with E-state index in [2.05, 4.69) is 17.4 Å². The normalized spacial score (nSPS) is 22.7. The van der Waals surface area contributed by atoms with Crippen molar-refractivity contribution in [2.75, 3.05) is 32.1 Å². The van der Waals surface area contributed by atoms with E-state index in [0.29, 0.717) is 39.0 Å². The highest BCUT2D eigenvalue weighted by Crippen LogP contribution is 2.37. The third-order valence-electron chi connectivity index (χ3n) is 9.22. The van der Waals surface area contributed by atoms with E-state index in [9.17, 15) is 9.90 Å². The van der Waals surface area contributed by atoms with Crippen molar-refractivity contribution < 1.29 is 23.8 Å². The van der Waals surface area contributed by atoms with Gasteiger partial charge >= 0.3 is 5.97 Å². The average molecular weight is 554 g/mol. The van der Waals surface area contributed by atoms with Crippen molar-refractivity contribution in [3.05, 3.63) is 58.3 Å². The number of unbranched alkanes of at least 4 members (excludes halogenated alkanes) is 1. The molecule has 0 unspecified atom stereocenters. The molecule has 1 fully saturated rings. The Balaban J connectivity index is 1.18. The molecule has 8 heteroatoms. The minimum Gasteiger partial charge on any atom is -0.480 e. The molecule has 2 N–H and O–H groups in total. The molecule has 0 bridgehead atoms. The molecule has 1 aromatic carbocycles. The number of anilines is 1. The van der Waals surface area contributed by atoms with E-state index in [4.69, 9.17) is 14.5 Å². The molecule has 1 saturated heterocycles. The number of halogens is 1. The maximum Gasteiger partial charge on any atom is 0.325 e. The van der Waals surface area contributed by atoms with Gasteiger partial charge in [0.25, 0.3) is 0 Å². The number of carboxylic acids is 1. The lowest BCUT2D eigenvalue weighted by Crippen LogP contribution is -2.44. The Bertz CT molecular complexity index is 1190. The van der Waals surface area contributed by atoms with Crippen LogP contribution >= 0.6 is 0 Å². The smallest absolute Gasteiger partial charge is 0.325 e. The summed E-state index contributed by atoms with van der Waals surface area (Å²) in [4.78, 5) is 19.3. The zero-order valence-electron chi connectivity index (χ0n) is 24.1. The van der Waals surface area contributed by atoms with E-state index in [1.807, 2.05) is 36.9 Å². The van der Waals surface area contributed by atoms with Crippen LogP contribution in [0.2, 0.25) is 0 Å². The molecular formula is C32H44FN3O4. The van der Waals surface area contributed by atoms with Crippen LogP contribution < -0.4 is 5.32 Å². The molecule has 4 heterocycles. The number of ether oxygens (including phenoxy) is 2. The van der Waals surface area contributed by atoms with Gasteiger partial charge in [-0.1, -0.05) is 30.7 Å². The van der Waals surface area contributed by atoms with Crippen LogP contribution in [0.15, 0.2) is 30.3 Å². The molecule has 0 spiro atoms. The summed E-state index contributed by atoms with van der Waals surface area (Å²) in [5.41, 5.74) is 4.71. The first-order chi connectivity index (χ1) is 19.3. The van der Waals surface area contributed by atoms with Crippen molar-refractivity contribution in [1.29, 1.82) is 0 Å². The molecule has 0 aliphatic carbocycles. The zero-order chi connectivity index (χ0) is 28.3. The molecule has 0 saturated carbocycles. The van der Waals surface area contributed by atoms with Gasteiger partial charge in [0.15, 0.2) is 0 Å². The number of carbonyl (C=O) groups is 1. The van der Waals surface area contributed by atoms with Gasteiger partial charge in [-0.2, -0.15) is 0 Å². The fourth-order valence-electron chi connectivity index (χ4n) is 6.53. The number of aryl methyl sites for hydroxylation is 2. The standard InChI is InChI=1S/C32H44FN3O4/c1-32(2,39-3)28-18-26-23(20-40-28)8-6-11-25(26)29(31(37)38)36-17-15-22(19-36)27(33)12-5-4-10-24-14-13-21-9-7-16-34-30(21)35-24/h6,8,11,13-14,22,27-29H,4-5,7,9-10,12,15-20H2,1-3H3,(H,34,35)(H,37,38)/t22-,27-,28+,29-/m1/s1. The van der Waals surface area contributed by atoms with Gasteiger partial charge < -0.3 is 19.9 Å². The Hall–Kier alpha value is -2.55. The molecule has 2 aromatic rings. The number of likely N-dealkylation sites (tertiary alicyclic amines) is 1. The summed E-state index contributed by atoms with van der Waals surface area (Å²) in [7, 11) is 1.67. The molecule has 1 aromatic heterocycles. The number of carboxylic acid groups (broad SMARTS) is 1. The Kier molecular flexibility index (Phi) is 9.08. The maximum absolute atomic E-state index is 15.4. The summed E-state index contributed by atoms with van der Waals surface area (Å²) in [6, 6.07) is 9.32. The second kappa shape index (κ2) is 12.5. The fraction of sp³-hybridized carbons (Fsp3) is 0.625. The number of nitrogens with one attached hydrogen (secondary N) is 1. The van der Waals surface area contributed by atoms with Crippen LogP contribution in [0.1, 0.15) is 79.9 Å². The second-order valence-corrected chi connectivity index (χ2v) is 12.2. The summed E-state index contributed by atoms with van der Waals surface area (Å²) < 4.78 is 27.1. The highest BCUT2D eigenvalue weighted by Gasteiger charge is 2.40. The van der Waals surface area contributed by atoms with E-state index in [1.54, 1.807) is 7.11 Å². The van der Waals surface area contributed by atoms with Crippen LogP contribution in [-0.4, -0.2) is 65.6 Å². The van der Waals surface area contributed by atoms with Crippen LogP contribution in [0.3, 0.4) is 0 Å². The first-order valence-corrected chi connectivity index (χ1v) is 14.9. The molecule has 40 heavy (non-hydrogen) atoms. The van der Waals surface area contributed by atoms with Crippen LogP contribution in [0, 0.1) is 5.92 Å². The minimum atomic E-state index is -0.928. The predicted octanol–water partition coefficient (Wildman–Crippen LogP) is 5.50. The van der Waals surface area contributed by atoms with Gasteiger partial charge in [-0.15, -0.1) is 0 Å². The largest absolute Gasteiger partial charge is 0.480 e. The number of nitrogens with zero attached hydrogens (tertiary/aromatic N) is 2. The monoisotopic (exact) mass is 553 g/mol. The summed E-state index contributed by atoms with van der Waals surface area (Å²) in [6.07, 6.45) is 5.45.